The van der Waals surface area contributed by atoms with Crippen LogP contribution in [0.1, 0.15) is 5.56 Å². The average Bonchev–Trinajstić information content (AvgIpc) is 2.54. The summed E-state index contributed by atoms with van der Waals surface area (Å²) in [5, 5.41) is 6.93. The molecule has 0 spiro atoms. The number of rotatable bonds is 6. The number of nitrogens with zero attached hydrogens (tertiary/aromatic N) is 1. The largest absolute Gasteiger partial charge is 0.374 e. The number of hydrogen-bond donors (Lipinski definition) is 2. The molecular weight excluding hydrogens is 502 g/mol. The van der Waals surface area contributed by atoms with Crippen LogP contribution in [0.5, 0.6) is 0 Å². The quantitative estimate of drug-likeness (QED) is 0.410. The molecular formula is C17H14Br3N3O. The summed E-state index contributed by atoms with van der Waals surface area (Å²) in [4.78, 5) is 11.8. The first-order valence-corrected chi connectivity index (χ1v) is 9.36. The summed E-state index contributed by atoms with van der Waals surface area (Å²) in [5.41, 5.74) is 4.34. The highest BCUT2D eigenvalue weighted by Crippen LogP contribution is 2.34. The molecule has 2 aromatic rings. The van der Waals surface area contributed by atoms with Gasteiger partial charge in [0, 0.05) is 19.6 Å². The molecule has 1 amide bonds. The SMILES string of the molecule is O=C(CNc1c(Br)cc(Br)cc1Br)NN=CC=Cc1ccccc1. The van der Waals surface area contributed by atoms with E-state index < -0.39 is 0 Å². The molecule has 0 saturated carbocycles. The highest BCUT2D eigenvalue weighted by Gasteiger charge is 2.08. The Bertz CT molecular complexity index is 738. The van der Waals surface area contributed by atoms with Gasteiger partial charge in [0.2, 0.25) is 0 Å². The molecule has 0 radical (unpaired) electrons. The molecule has 2 aromatic carbocycles. The molecule has 24 heavy (non-hydrogen) atoms. The Kier molecular flexibility index (Phi) is 7.68. The van der Waals surface area contributed by atoms with Gasteiger partial charge in [0.1, 0.15) is 0 Å². The van der Waals surface area contributed by atoms with Crippen LogP contribution in [-0.2, 0) is 4.79 Å². The number of carbonyl (C=O) groups excluding carboxylic acids is 1. The van der Waals surface area contributed by atoms with Crippen LogP contribution >= 0.6 is 47.8 Å². The Morgan fingerprint density at radius 1 is 1.08 bits per heavy atom. The van der Waals surface area contributed by atoms with Crippen LogP contribution in [0.3, 0.4) is 0 Å². The maximum atomic E-state index is 11.8. The van der Waals surface area contributed by atoms with Crippen molar-refractivity contribution in [2.45, 2.75) is 0 Å². The van der Waals surface area contributed by atoms with Crippen LogP contribution in [0, 0.1) is 0 Å². The van der Waals surface area contributed by atoms with E-state index in [4.69, 9.17) is 0 Å². The fraction of sp³-hybridized carbons (Fsp3) is 0.0588. The predicted octanol–water partition coefficient (Wildman–Crippen LogP) is 5.20. The van der Waals surface area contributed by atoms with Gasteiger partial charge < -0.3 is 5.32 Å². The van der Waals surface area contributed by atoms with Crippen molar-refractivity contribution in [3.63, 3.8) is 0 Å². The van der Waals surface area contributed by atoms with Gasteiger partial charge in [0.25, 0.3) is 5.91 Å². The highest BCUT2D eigenvalue weighted by atomic mass is 79.9. The van der Waals surface area contributed by atoms with Crippen molar-refractivity contribution in [1.82, 2.24) is 5.43 Å². The van der Waals surface area contributed by atoms with E-state index >= 15 is 0 Å². The summed E-state index contributed by atoms with van der Waals surface area (Å²) in [6, 6.07) is 13.7. The van der Waals surface area contributed by atoms with E-state index in [1.54, 1.807) is 6.08 Å². The monoisotopic (exact) mass is 513 g/mol. The van der Waals surface area contributed by atoms with Crippen molar-refractivity contribution in [3.05, 3.63) is 67.5 Å². The molecule has 0 atom stereocenters. The number of hydrazone groups is 1. The Morgan fingerprint density at radius 3 is 2.42 bits per heavy atom. The number of nitrogens with one attached hydrogen (secondary N) is 2. The lowest BCUT2D eigenvalue weighted by molar-refractivity contribution is -0.119. The van der Waals surface area contributed by atoms with Crippen molar-refractivity contribution in [3.8, 4) is 0 Å². The molecule has 124 valence electrons. The molecule has 0 heterocycles. The predicted molar refractivity (Wildman–Crippen MR) is 110 cm³/mol. The number of allylic oxidation sites excluding steroid dienone is 1. The topological polar surface area (TPSA) is 53.5 Å². The summed E-state index contributed by atoms with van der Waals surface area (Å²) in [7, 11) is 0. The van der Waals surface area contributed by atoms with Crippen LogP contribution < -0.4 is 10.7 Å². The molecule has 0 aliphatic heterocycles. The third-order valence-electron chi connectivity index (χ3n) is 2.87. The summed E-state index contributed by atoms with van der Waals surface area (Å²) in [6.45, 7) is 0.110. The Hall–Kier alpha value is -1.44. The molecule has 0 aromatic heterocycles. The van der Waals surface area contributed by atoms with Crippen LogP contribution in [0.25, 0.3) is 6.08 Å². The van der Waals surface area contributed by atoms with E-state index in [2.05, 4.69) is 63.6 Å². The Morgan fingerprint density at radius 2 is 1.75 bits per heavy atom. The number of anilines is 1. The second kappa shape index (κ2) is 9.76. The lowest BCUT2D eigenvalue weighted by atomic mass is 10.2. The number of benzene rings is 2. The number of hydrogen-bond acceptors (Lipinski definition) is 3. The van der Waals surface area contributed by atoms with Crippen molar-refractivity contribution < 1.29 is 4.79 Å². The zero-order valence-corrected chi connectivity index (χ0v) is 17.2. The van der Waals surface area contributed by atoms with Crippen molar-refractivity contribution in [2.24, 2.45) is 5.10 Å². The minimum Gasteiger partial charge on any atom is -0.374 e. The molecule has 0 bridgehead atoms. The van der Waals surface area contributed by atoms with E-state index in [1.165, 1.54) is 6.21 Å². The maximum absolute atomic E-state index is 11.8. The smallest absolute Gasteiger partial charge is 0.259 e. The van der Waals surface area contributed by atoms with E-state index in [0.717, 1.165) is 24.7 Å². The third kappa shape index (κ3) is 6.22. The van der Waals surface area contributed by atoms with Gasteiger partial charge in [0.05, 0.1) is 12.2 Å². The first-order valence-electron chi connectivity index (χ1n) is 6.98. The minimum absolute atomic E-state index is 0.110. The summed E-state index contributed by atoms with van der Waals surface area (Å²) in [6.07, 6.45) is 5.21. The first-order chi connectivity index (χ1) is 11.6. The van der Waals surface area contributed by atoms with Gasteiger partial charge in [-0.1, -0.05) is 52.3 Å². The van der Waals surface area contributed by atoms with Crippen molar-refractivity contribution in [1.29, 1.82) is 0 Å². The van der Waals surface area contributed by atoms with Gasteiger partial charge in [-0.3, -0.25) is 4.79 Å². The molecule has 0 unspecified atom stereocenters. The van der Waals surface area contributed by atoms with E-state index in [-0.39, 0.29) is 12.5 Å². The van der Waals surface area contributed by atoms with Crippen LogP contribution in [0.4, 0.5) is 5.69 Å². The second-order valence-electron chi connectivity index (χ2n) is 4.68. The third-order valence-corrected chi connectivity index (χ3v) is 4.58. The molecule has 0 aliphatic carbocycles. The lowest BCUT2D eigenvalue weighted by Gasteiger charge is -2.10. The molecule has 2 N–H and O–H groups in total. The number of carbonyl (C=O) groups is 1. The number of amides is 1. The van der Waals surface area contributed by atoms with Gasteiger partial charge in [-0.2, -0.15) is 5.10 Å². The standard InChI is InChI=1S/C17H14Br3N3O/c18-13-9-14(19)17(15(20)10-13)21-11-16(24)23-22-8-4-7-12-5-2-1-3-6-12/h1-10,21H,11H2,(H,23,24). The van der Waals surface area contributed by atoms with Gasteiger partial charge in [0.15, 0.2) is 0 Å². The Labute approximate surface area is 165 Å². The average molecular weight is 516 g/mol. The van der Waals surface area contributed by atoms with Crippen LogP contribution in [0.15, 0.2) is 67.1 Å². The van der Waals surface area contributed by atoms with Crippen molar-refractivity contribution in [2.75, 3.05) is 11.9 Å². The van der Waals surface area contributed by atoms with E-state index in [9.17, 15) is 4.79 Å². The molecule has 0 fully saturated rings. The fourth-order valence-electron chi connectivity index (χ4n) is 1.79. The van der Waals surface area contributed by atoms with Crippen LogP contribution in [0.2, 0.25) is 0 Å². The van der Waals surface area contributed by atoms with Gasteiger partial charge in [-0.15, -0.1) is 0 Å². The first kappa shape index (κ1) is 18.9. The van der Waals surface area contributed by atoms with Crippen LogP contribution in [-0.4, -0.2) is 18.7 Å². The fourth-order valence-corrected chi connectivity index (χ4v) is 4.33. The summed E-state index contributed by atoms with van der Waals surface area (Å²) in [5.74, 6) is -0.235. The zero-order valence-electron chi connectivity index (χ0n) is 12.5. The molecule has 7 heteroatoms. The minimum atomic E-state index is -0.235. The van der Waals surface area contributed by atoms with E-state index in [1.807, 2.05) is 48.5 Å². The normalized spacial score (nSPS) is 11.1. The van der Waals surface area contributed by atoms with Gasteiger partial charge in [-0.25, -0.2) is 5.43 Å². The lowest BCUT2D eigenvalue weighted by Crippen LogP contribution is -2.26. The molecule has 0 aliphatic rings. The van der Waals surface area contributed by atoms with E-state index in [0.29, 0.717) is 0 Å². The maximum Gasteiger partial charge on any atom is 0.259 e. The summed E-state index contributed by atoms with van der Waals surface area (Å²) < 4.78 is 2.64. The van der Waals surface area contributed by atoms with Gasteiger partial charge >= 0.3 is 0 Å². The molecule has 2 rings (SSSR count). The molecule has 4 nitrogen and oxygen atoms in total. The second-order valence-corrected chi connectivity index (χ2v) is 7.31. The number of halogens is 3. The summed E-state index contributed by atoms with van der Waals surface area (Å²) >= 11 is 10.3. The van der Waals surface area contributed by atoms with Crippen molar-refractivity contribution >= 4 is 71.7 Å². The zero-order chi connectivity index (χ0) is 17.4. The highest BCUT2D eigenvalue weighted by molar-refractivity contribution is 9.11. The molecule has 0 saturated heterocycles. The Balaban J connectivity index is 1.80. The van der Waals surface area contributed by atoms with Gasteiger partial charge in [-0.05, 0) is 55.6 Å².